The predicted octanol–water partition coefficient (Wildman–Crippen LogP) is 1.29. The van der Waals surface area contributed by atoms with Gasteiger partial charge in [-0.3, -0.25) is 14.7 Å². The van der Waals surface area contributed by atoms with Crippen LogP contribution in [0, 0.1) is 0 Å². The number of rotatable bonds is 6. The highest BCUT2D eigenvalue weighted by atomic mass is 16.1. The number of hydrogen-bond acceptors (Lipinski definition) is 8. The van der Waals surface area contributed by atoms with Crippen molar-refractivity contribution < 1.29 is 0 Å². The second-order valence-electron chi connectivity index (χ2n) is 8.54. The van der Waals surface area contributed by atoms with Crippen molar-refractivity contribution in [3.8, 4) is 0 Å². The fraction of sp³-hybridized carbons (Fsp3) is 0.550. The highest BCUT2D eigenvalue weighted by Gasteiger charge is 2.20. The molecule has 0 bridgehead atoms. The SMILES string of the molecule is CC(C)(C)n1ncc2c(=O)[nH]c(NCCCN3CCN(c4ncccn4)CC3)nc21. The van der Waals surface area contributed by atoms with Crippen LogP contribution in [0.15, 0.2) is 29.5 Å². The first-order valence-electron chi connectivity index (χ1n) is 10.4. The summed E-state index contributed by atoms with van der Waals surface area (Å²) in [6.07, 6.45) is 6.10. The van der Waals surface area contributed by atoms with Crippen LogP contribution >= 0.6 is 0 Å². The molecule has 0 aromatic carbocycles. The molecule has 0 spiro atoms. The molecule has 30 heavy (non-hydrogen) atoms. The summed E-state index contributed by atoms with van der Waals surface area (Å²) >= 11 is 0. The molecule has 10 heteroatoms. The summed E-state index contributed by atoms with van der Waals surface area (Å²) < 4.78 is 1.79. The van der Waals surface area contributed by atoms with Crippen molar-refractivity contribution in [1.82, 2.24) is 34.6 Å². The van der Waals surface area contributed by atoms with Crippen LogP contribution in [0.4, 0.5) is 11.9 Å². The van der Waals surface area contributed by atoms with Crippen molar-refractivity contribution in [3.63, 3.8) is 0 Å². The minimum absolute atomic E-state index is 0.169. The Morgan fingerprint density at radius 1 is 1.13 bits per heavy atom. The minimum atomic E-state index is -0.243. The van der Waals surface area contributed by atoms with Gasteiger partial charge in [-0.1, -0.05) is 0 Å². The van der Waals surface area contributed by atoms with Gasteiger partial charge < -0.3 is 10.2 Å². The first-order valence-corrected chi connectivity index (χ1v) is 10.4. The van der Waals surface area contributed by atoms with Gasteiger partial charge >= 0.3 is 0 Å². The molecule has 0 amide bonds. The molecule has 0 unspecified atom stereocenters. The zero-order valence-corrected chi connectivity index (χ0v) is 17.8. The number of hydrogen-bond donors (Lipinski definition) is 2. The quantitative estimate of drug-likeness (QED) is 0.584. The zero-order valence-electron chi connectivity index (χ0n) is 17.8. The Morgan fingerprint density at radius 2 is 1.87 bits per heavy atom. The van der Waals surface area contributed by atoms with E-state index in [2.05, 4.69) is 40.2 Å². The molecule has 4 heterocycles. The van der Waals surface area contributed by atoms with Gasteiger partial charge in [0.2, 0.25) is 11.9 Å². The molecule has 0 aliphatic carbocycles. The first kappa shape index (κ1) is 20.3. The Kier molecular flexibility index (Phi) is 5.67. The summed E-state index contributed by atoms with van der Waals surface area (Å²) in [5, 5.41) is 8.11. The molecule has 1 aliphatic heterocycles. The molecule has 0 atom stereocenters. The Morgan fingerprint density at radius 3 is 2.57 bits per heavy atom. The van der Waals surface area contributed by atoms with E-state index in [4.69, 9.17) is 0 Å². The summed E-state index contributed by atoms with van der Waals surface area (Å²) in [7, 11) is 0. The van der Waals surface area contributed by atoms with Crippen LogP contribution in [0.3, 0.4) is 0 Å². The van der Waals surface area contributed by atoms with E-state index in [-0.39, 0.29) is 11.1 Å². The van der Waals surface area contributed by atoms with Crippen LogP contribution in [-0.4, -0.2) is 73.9 Å². The normalized spacial score (nSPS) is 15.6. The van der Waals surface area contributed by atoms with Gasteiger partial charge in [0.25, 0.3) is 5.56 Å². The molecule has 1 aliphatic rings. The van der Waals surface area contributed by atoms with Gasteiger partial charge in [-0.2, -0.15) is 10.1 Å². The van der Waals surface area contributed by atoms with Crippen LogP contribution in [-0.2, 0) is 5.54 Å². The van der Waals surface area contributed by atoms with E-state index in [1.54, 1.807) is 23.3 Å². The highest BCUT2D eigenvalue weighted by molar-refractivity contribution is 5.74. The lowest BCUT2D eigenvalue weighted by Gasteiger charge is -2.34. The van der Waals surface area contributed by atoms with Gasteiger partial charge in [-0.25, -0.2) is 14.6 Å². The first-order chi connectivity index (χ1) is 14.4. The Hall–Kier alpha value is -3.01. The van der Waals surface area contributed by atoms with Gasteiger partial charge in [0.1, 0.15) is 5.39 Å². The van der Waals surface area contributed by atoms with Gasteiger partial charge in [-0.15, -0.1) is 0 Å². The van der Waals surface area contributed by atoms with E-state index in [1.165, 1.54) is 0 Å². The smallest absolute Gasteiger partial charge is 0.263 e. The fourth-order valence-electron chi connectivity index (χ4n) is 3.63. The largest absolute Gasteiger partial charge is 0.356 e. The average Bonchev–Trinajstić information content (AvgIpc) is 3.17. The molecule has 1 saturated heterocycles. The maximum absolute atomic E-state index is 12.4. The lowest BCUT2D eigenvalue weighted by Crippen LogP contribution is -2.47. The van der Waals surface area contributed by atoms with E-state index in [9.17, 15) is 4.79 Å². The third-order valence-corrected chi connectivity index (χ3v) is 5.22. The molecule has 160 valence electrons. The van der Waals surface area contributed by atoms with E-state index >= 15 is 0 Å². The lowest BCUT2D eigenvalue weighted by molar-refractivity contribution is 0.256. The number of nitrogens with one attached hydrogen (secondary N) is 2. The van der Waals surface area contributed by atoms with Gasteiger partial charge in [0, 0.05) is 45.1 Å². The molecule has 0 saturated carbocycles. The molecule has 2 N–H and O–H groups in total. The molecular weight excluding hydrogens is 382 g/mol. The Balaban J connectivity index is 1.28. The third-order valence-electron chi connectivity index (χ3n) is 5.22. The molecule has 3 aromatic heterocycles. The molecule has 3 aromatic rings. The number of anilines is 2. The summed E-state index contributed by atoms with van der Waals surface area (Å²) in [6, 6.07) is 1.84. The summed E-state index contributed by atoms with van der Waals surface area (Å²) in [4.78, 5) is 33.1. The number of aromatic amines is 1. The molecular formula is C20H29N9O. The summed E-state index contributed by atoms with van der Waals surface area (Å²) in [5.74, 6) is 1.29. The van der Waals surface area contributed by atoms with Crippen molar-refractivity contribution in [3.05, 3.63) is 35.0 Å². The maximum Gasteiger partial charge on any atom is 0.263 e. The summed E-state index contributed by atoms with van der Waals surface area (Å²) in [6.45, 7) is 11.7. The van der Waals surface area contributed by atoms with E-state index < -0.39 is 0 Å². The van der Waals surface area contributed by atoms with Gasteiger partial charge in [0.05, 0.1) is 11.7 Å². The zero-order chi connectivity index (χ0) is 21.1. The molecule has 4 rings (SSSR count). The predicted molar refractivity (Wildman–Crippen MR) is 117 cm³/mol. The maximum atomic E-state index is 12.4. The Bertz CT molecular complexity index is 1030. The summed E-state index contributed by atoms with van der Waals surface area (Å²) in [5.41, 5.74) is 0.192. The number of aromatic nitrogens is 6. The van der Waals surface area contributed by atoms with Crippen molar-refractivity contribution in [2.75, 3.05) is 49.5 Å². The average molecular weight is 412 g/mol. The van der Waals surface area contributed by atoms with Crippen LogP contribution in [0.25, 0.3) is 11.0 Å². The Labute approximate surface area is 175 Å². The van der Waals surface area contributed by atoms with Crippen LogP contribution in [0.2, 0.25) is 0 Å². The second-order valence-corrected chi connectivity index (χ2v) is 8.54. The third kappa shape index (κ3) is 4.43. The van der Waals surface area contributed by atoms with Crippen LogP contribution in [0.5, 0.6) is 0 Å². The van der Waals surface area contributed by atoms with Crippen LogP contribution in [0.1, 0.15) is 27.2 Å². The monoisotopic (exact) mass is 411 g/mol. The number of nitrogens with zero attached hydrogens (tertiary/aromatic N) is 7. The van der Waals surface area contributed by atoms with E-state index in [0.29, 0.717) is 17.0 Å². The fourth-order valence-corrected chi connectivity index (χ4v) is 3.63. The highest BCUT2D eigenvalue weighted by Crippen LogP contribution is 2.18. The van der Waals surface area contributed by atoms with Crippen molar-refractivity contribution in [1.29, 1.82) is 0 Å². The topological polar surface area (TPSA) is 108 Å². The minimum Gasteiger partial charge on any atom is -0.356 e. The van der Waals surface area contributed by atoms with Crippen molar-refractivity contribution in [2.45, 2.75) is 32.7 Å². The van der Waals surface area contributed by atoms with E-state index in [0.717, 1.165) is 51.6 Å². The standard InChI is InChI=1S/C20H29N9O/c1-20(2,3)29-16-15(14-24-29)17(30)26-18(25-16)21-8-5-9-27-10-12-28(13-11-27)19-22-6-4-7-23-19/h4,6-7,14H,5,8-13H2,1-3H3,(H2,21,25,26,30). The number of piperazine rings is 1. The van der Waals surface area contributed by atoms with Crippen molar-refractivity contribution in [2.24, 2.45) is 0 Å². The van der Waals surface area contributed by atoms with Crippen molar-refractivity contribution >= 4 is 22.9 Å². The molecule has 10 nitrogen and oxygen atoms in total. The second kappa shape index (κ2) is 8.39. The van der Waals surface area contributed by atoms with Gasteiger partial charge in [0.15, 0.2) is 5.65 Å². The number of H-pyrrole nitrogens is 1. The lowest BCUT2D eigenvalue weighted by atomic mass is 10.1. The molecule has 0 radical (unpaired) electrons. The van der Waals surface area contributed by atoms with Crippen LogP contribution < -0.4 is 15.8 Å². The molecule has 1 fully saturated rings. The number of fused-ring (bicyclic) bond motifs is 1. The van der Waals surface area contributed by atoms with E-state index in [1.807, 2.05) is 26.8 Å². The van der Waals surface area contributed by atoms with Gasteiger partial charge in [-0.05, 0) is 39.8 Å².